The van der Waals surface area contributed by atoms with Crippen LogP contribution in [0.3, 0.4) is 0 Å². The molecule has 2 N–H and O–H groups in total. The quantitative estimate of drug-likeness (QED) is 0.493. The van der Waals surface area contributed by atoms with Crippen LogP contribution in [0.4, 0.5) is 0 Å². The third-order valence-corrected chi connectivity index (χ3v) is 1.67. The maximum atomic E-state index is 11.0. The van der Waals surface area contributed by atoms with E-state index in [2.05, 4.69) is 4.74 Å². The van der Waals surface area contributed by atoms with Gasteiger partial charge in [-0.3, -0.25) is 14.4 Å². The Kier molecular flexibility index (Phi) is 5.36. The van der Waals surface area contributed by atoms with E-state index < -0.39 is 23.8 Å². The molecule has 0 amide bonds. The van der Waals surface area contributed by atoms with Crippen molar-refractivity contribution >= 4 is 17.9 Å². The van der Waals surface area contributed by atoms with Gasteiger partial charge in [-0.2, -0.15) is 0 Å². The van der Waals surface area contributed by atoms with Crippen molar-refractivity contribution in [3.63, 3.8) is 0 Å². The zero-order valence-corrected chi connectivity index (χ0v) is 8.60. The van der Waals surface area contributed by atoms with E-state index in [0.717, 1.165) is 0 Å². The van der Waals surface area contributed by atoms with Gasteiger partial charge >= 0.3 is 17.9 Å². The lowest BCUT2D eigenvalue weighted by Crippen LogP contribution is -2.33. The van der Waals surface area contributed by atoms with E-state index in [1.54, 1.807) is 0 Å². The highest BCUT2D eigenvalue weighted by Gasteiger charge is 2.35. The molecule has 15 heavy (non-hydrogen) atoms. The molecule has 0 fully saturated rings. The van der Waals surface area contributed by atoms with Crippen LogP contribution in [0.5, 0.6) is 0 Å². The molecule has 6 heteroatoms. The zero-order valence-electron chi connectivity index (χ0n) is 8.60. The van der Waals surface area contributed by atoms with Gasteiger partial charge in [-0.05, 0) is 12.3 Å². The summed E-state index contributed by atoms with van der Waals surface area (Å²) in [6, 6.07) is 0. The van der Waals surface area contributed by atoms with Gasteiger partial charge in [-0.25, -0.2) is 0 Å². The van der Waals surface area contributed by atoms with Crippen LogP contribution in [0.25, 0.3) is 0 Å². The second-order valence-corrected chi connectivity index (χ2v) is 3.46. The molecule has 0 saturated heterocycles. The minimum absolute atomic E-state index is 0.0353. The Bertz CT molecular complexity index is 243. The van der Waals surface area contributed by atoms with Crippen LogP contribution in [0, 0.1) is 11.8 Å². The highest BCUT2D eigenvalue weighted by atomic mass is 16.5. The molecule has 0 saturated carbocycles. The molecule has 0 aliphatic rings. The topological polar surface area (TPSA) is 101 Å². The minimum Gasteiger partial charge on any atom is -0.480 e. The van der Waals surface area contributed by atoms with Crippen LogP contribution in [0.2, 0.25) is 0 Å². The number of carbonyl (C=O) groups is 3. The number of esters is 1. The predicted octanol–water partition coefficient (Wildman–Crippen LogP) is 0.361. The number of ether oxygens (including phenoxy) is 1. The van der Waals surface area contributed by atoms with Crippen molar-refractivity contribution < 1.29 is 29.3 Å². The van der Waals surface area contributed by atoms with Crippen LogP contribution in [0.1, 0.15) is 20.3 Å². The van der Waals surface area contributed by atoms with Crippen molar-refractivity contribution in [3.8, 4) is 0 Å². The molecule has 6 nitrogen and oxygen atoms in total. The van der Waals surface area contributed by atoms with Gasteiger partial charge in [0, 0.05) is 0 Å². The van der Waals surface area contributed by atoms with Crippen molar-refractivity contribution in [2.75, 3.05) is 6.61 Å². The van der Waals surface area contributed by atoms with E-state index >= 15 is 0 Å². The van der Waals surface area contributed by atoms with Crippen molar-refractivity contribution in [1.82, 2.24) is 0 Å². The number of hydrogen-bond donors (Lipinski definition) is 2. The fourth-order valence-electron chi connectivity index (χ4n) is 0.786. The SMILES string of the molecule is CC(C)CCOC(=O)C(C(=O)O)C(=O)O. The first-order valence-corrected chi connectivity index (χ1v) is 4.48. The molecule has 0 bridgehead atoms. The standard InChI is InChI=1S/C9H14O6/c1-5(2)3-4-15-9(14)6(7(10)11)8(12)13/h5-6H,3-4H2,1-2H3,(H,10,11)(H,12,13). The molecule has 0 aromatic carbocycles. The number of carboxylic acid groups (broad SMARTS) is 2. The van der Waals surface area contributed by atoms with E-state index in [4.69, 9.17) is 10.2 Å². The number of carboxylic acids is 2. The van der Waals surface area contributed by atoms with E-state index in [1.807, 2.05) is 13.8 Å². The third kappa shape index (κ3) is 4.99. The Hall–Kier alpha value is -1.59. The first-order valence-electron chi connectivity index (χ1n) is 4.48. The number of carbonyl (C=O) groups excluding carboxylic acids is 1. The molecule has 0 heterocycles. The molecular formula is C9H14O6. The van der Waals surface area contributed by atoms with Gasteiger partial charge in [-0.1, -0.05) is 13.8 Å². The number of hydrogen-bond acceptors (Lipinski definition) is 4. The minimum atomic E-state index is -2.13. The van der Waals surface area contributed by atoms with Crippen molar-refractivity contribution in [1.29, 1.82) is 0 Å². The van der Waals surface area contributed by atoms with Gasteiger partial charge in [0.25, 0.3) is 0 Å². The van der Waals surface area contributed by atoms with E-state index in [0.29, 0.717) is 12.3 Å². The largest absolute Gasteiger partial charge is 0.480 e. The maximum Gasteiger partial charge on any atom is 0.331 e. The first-order chi connectivity index (χ1) is 6.86. The second kappa shape index (κ2) is 6.00. The fraction of sp³-hybridized carbons (Fsp3) is 0.667. The van der Waals surface area contributed by atoms with Gasteiger partial charge in [0.15, 0.2) is 0 Å². The van der Waals surface area contributed by atoms with E-state index in [1.165, 1.54) is 0 Å². The number of aliphatic carboxylic acids is 2. The summed E-state index contributed by atoms with van der Waals surface area (Å²) in [6.45, 7) is 3.84. The molecule has 0 unspecified atom stereocenters. The van der Waals surface area contributed by atoms with Crippen molar-refractivity contribution in [2.45, 2.75) is 20.3 Å². The lowest BCUT2D eigenvalue weighted by Gasteiger charge is -2.09. The molecular weight excluding hydrogens is 204 g/mol. The van der Waals surface area contributed by atoms with Crippen LogP contribution in [-0.2, 0) is 19.1 Å². The highest BCUT2D eigenvalue weighted by Crippen LogP contribution is 2.04. The summed E-state index contributed by atoms with van der Waals surface area (Å²) in [6.07, 6.45) is 0.567. The Morgan fingerprint density at radius 2 is 1.60 bits per heavy atom. The van der Waals surface area contributed by atoms with Gasteiger partial charge < -0.3 is 14.9 Å². The summed E-state index contributed by atoms with van der Waals surface area (Å²) in [7, 11) is 0. The summed E-state index contributed by atoms with van der Waals surface area (Å²) in [5, 5.41) is 16.9. The van der Waals surface area contributed by atoms with Crippen LogP contribution in [-0.4, -0.2) is 34.7 Å². The molecule has 0 atom stereocenters. The lowest BCUT2D eigenvalue weighted by molar-refractivity contribution is -0.167. The molecule has 0 radical (unpaired) electrons. The van der Waals surface area contributed by atoms with Crippen molar-refractivity contribution in [3.05, 3.63) is 0 Å². The average molecular weight is 218 g/mol. The second-order valence-electron chi connectivity index (χ2n) is 3.46. The molecule has 0 aliphatic heterocycles. The predicted molar refractivity (Wildman–Crippen MR) is 49.2 cm³/mol. The molecule has 0 aromatic rings. The zero-order chi connectivity index (χ0) is 12.0. The van der Waals surface area contributed by atoms with Gasteiger partial charge in [-0.15, -0.1) is 0 Å². The summed E-state index contributed by atoms with van der Waals surface area (Å²) >= 11 is 0. The lowest BCUT2D eigenvalue weighted by atomic mass is 10.1. The van der Waals surface area contributed by atoms with Crippen molar-refractivity contribution in [2.24, 2.45) is 11.8 Å². The average Bonchev–Trinajstić information content (AvgIpc) is 2.01. The van der Waals surface area contributed by atoms with Crippen LogP contribution >= 0.6 is 0 Å². The fourth-order valence-corrected chi connectivity index (χ4v) is 0.786. The third-order valence-electron chi connectivity index (χ3n) is 1.67. The smallest absolute Gasteiger partial charge is 0.331 e. The van der Waals surface area contributed by atoms with Gasteiger partial charge in [0.1, 0.15) is 0 Å². The molecule has 0 spiro atoms. The Morgan fingerprint density at radius 3 is 1.93 bits per heavy atom. The number of rotatable bonds is 6. The molecule has 0 aliphatic carbocycles. The first kappa shape index (κ1) is 13.4. The summed E-state index contributed by atoms with van der Waals surface area (Å²) < 4.78 is 4.54. The molecule has 0 rings (SSSR count). The maximum absolute atomic E-state index is 11.0. The monoisotopic (exact) mass is 218 g/mol. The molecule has 0 aromatic heterocycles. The Morgan fingerprint density at radius 1 is 1.13 bits per heavy atom. The van der Waals surface area contributed by atoms with Crippen LogP contribution in [0.15, 0.2) is 0 Å². The summed E-state index contributed by atoms with van der Waals surface area (Å²) in [5.74, 6) is -6.48. The normalized spacial score (nSPS) is 10.4. The summed E-state index contributed by atoms with van der Waals surface area (Å²) in [5.41, 5.74) is 0. The molecule has 86 valence electrons. The van der Waals surface area contributed by atoms with E-state index in [9.17, 15) is 14.4 Å². The van der Waals surface area contributed by atoms with Gasteiger partial charge in [0.2, 0.25) is 5.92 Å². The Labute approximate surface area is 86.8 Å². The van der Waals surface area contributed by atoms with Gasteiger partial charge in [0.05, 0.1) is 6.61 Å². The van der Waals surface area contributed by atoms with E-state index in [-0.39, 0.29) is 6.61 Å². The Balaban J connectivity index is 4.16. The summed E-state index contributed by atoms with van der Waals surface area (Å²) in [4.78, 5) is 31.8. The van der Waals surface area contributed by atoms with Crippen LogP contribution < -0.4 is 0 Å². The highest BCUT2D eigenvalue weighted by molar-refractivity contribution is 6.11.